The molecule has 3 aromatic rings. The maximum atomic E-state index is 5.70. The molecule has 136 valence electrons. The second-order valence-corrected chi connectivity index (χ2v) is 7.58. The van der Waals surface area contributed by atoms with E-state index in [-0.39, 0.29) is 0 Å². The Morgan fingerprint density at radius 1 is 1.19 bits per heavy atom. The smallest absolute Gasteiger partial charge is 0.228 e. The molecule has 0 spiro atoms. The van der Waals surface area contributed by atoms with E-state index >= 15 is 0 Å². The summed E-state index contributed by atoms with van der Waals surface area (Å²) in [7, 11) is 0. The fourth-order valence-electron chi connectivity index (χ4n) is 3.57. The lowest BCUT2D eigenvalue weighted by Crippen LogP contribution is -2.20. The van der Waals surface area contributed by atoms with Gasteiger partial charge in [-0.25, -0.2) is 9.97 Å². The lowest BCUT2D eigenvalue weighted by molar-refractivity contribution is 0.458. The standard InChI is InChI=1S/C21H26N4O/c1-5-16(11-15-7-8-15)24-21-20-19(22-14(4)23-21)18(25-26-20)17-9-6-12(2)10-13(17)3/h6,9-10,15-16H,5,7-8,11H2,1-4H3,(H,22,23,24). The van der Waals surface area contributed by atoms with Crippen LogP contribution < -0.4 is 5.32 Å². The van der Waals surface area contributed by atoms with Crippen LogP contribution in [0, 0.1) is 26.7 Å². The molecule has 2 heterocycles. The van der Waals surface area contributed by atoms with Crippen LogP contribution in [0.15, 0.2) is 22.7 Å². The van der Waals surface area contributed by atoms with Crippen LogP contribution in [-0.2, 0) is 0 Å². The van der Waals surface area contributed by atoms with Crippen LogP contribution >= 0.6 is 0 Å². The van der Waals surface area contributed by atoms with Gasteiger partial charge in [-0.2, -0.15) is 0 Å². The van der Waals surface area contributed by atoms with Crippen LogP contribution in [0.25, 0.3) is 22.4 Å². The van der Waals surface area contributed by atoms with E-state index in [0.29, 0.717) is 11.6 Å². The van der Waals surface area contributed by atoms with Gasteiger partial charge in [-0.3, -0.25) is 0 Å². The summed E-state index contributed by atoms with van der Waals surface area (Å²) in [6.45, 7) is 8.33. The Morgan fingerprint density at radius 3 is 2.69 bits per heavy atom. The Labute approximate surface area is 154 Å². The quantitative estimate of drug-likeness (QED) is 0.662. The molecule has 1 fully saturated rings. The minimum absolute atomic E-state index is 0.412. The molecule has 1 atom stereocenters. The Kier molecular flexibility index (Phi) is 4.39. The zero-order valence-corrected chi connectivity index (χ0v) is 16.0. The molecular formula is C21H26N4O. The van der Waals surface area contributed by atoms with Crippen LogP contribution in [0.2, 0.25) is 0 Å². The Hall–Kier alpha value is -2.43. The molecule has 0 amide bonds. The first-order valence-corrected chi connectivity index (χ1v) is 9.53. The third-order valence-corrected chi connectivity index (χ3v) is 5.22. The number of anilines is 1. The second-order valence-electron chi connectivity index (χ2n) is 7.58. The van der Waals surface area contributed by atoms with Crippen LogP contribution in [0.3, 0.4) is 0 Å². The third kappa shape index (κ3) is 3.30. The number of nitrogens with one attached hydrogen (secondary N) is 1. The summed E-state index contributed by atoms with van der Waals surface area (Å²) in [6, 6.07) is 6.76. The summed E-state index contributed by atoms with van der Waals surface area (Å²) < 4.78 is 5.70. The number of hydrogen-bond acceptors (Lipinski definition) is 5. The summed E-state index contributed by atoms with van der Waals surface area (Å²) >= 11 is 0. The van der Waals surface area contributed by atoms with Gasteiger partial charge in [-0.1, -0.05) is 48.7 Å². The van der Waals surface area contributed by atoms with E-state index < -0.39 is 0 Å². The maximum absolute atomic E-state index is 5.70. The number of nitrogens with zero attached hydrogens (tertiary/aromatic N) is 3. The van der Waals surface area contributed by atoms with Gasteiger partial charge in [0, 0.05) is 11.6 Å². The molecule has 1 saturated carbocycles. The Morgan fingerprint density at radius 2 is 2.00 bits per heavy atom. The lowest BCUT2D eigenvalue weighted by atomic mass is 10.0. The zero-order valence-electron chi connectivity index (χ0n) is 16.0. The highest BCUT2D eigenvalue weighted by Crippen LogP contribution is 2.36. The van der Waals surface area contributed by atoms with Gasteiger partial charge in [-0.05, 0) is 45.1 Å². The van der Waals surface area contributed by atoms with Gasteiger partial charge in [0.05, 0.1) is 0 Å². The molecule has 1 N–H and O–H groups in total. The predicted molar refractivity (Wildman–Crippen MR) is 104 cm³/mol. The van der Waals surface area contributed by atoms with Crippen LogP contribution in [0.1, 0.15) is 49.6 Å². The average molecular weight is 350 g/mol. The molecule has 1 aliphatic rings. The molecule has 0 bridgehead atoms. The minimum Gasteiger partial charge on any atom is -0.364 e. The Balaban J connectivity index is 1.75. The maximum Gasteiger partial charge on any atom is 0.228 e. The molecule has 0 radical (unpaired) electrons. The van der Waals surface area contributed by atoms with Crippen LogP contribution in [-0.4, -0.2) is 21.2 Å². The van der Waals surface area contributed by atoms with E-state index in [1.165, 1.54) is 30.4 Å². The fraction of sp³-hybridized carbons (Fsp3) is 0.476. The summed E-state index contributed by atoms with van der Waals surface area (Å²) in [5.41, 5.74) is 5.70. The van der Waals surface area contributed by atoms with Crippen molar-refractivity contribution in [2.24, 2.45) is 5.92 Å². The normalized spacial score (nSPS) is 15.4. The van der Waals surface area contributed by atoms with Crippen molar-refractivity contribution in [3.05, 3.63) is 35.2 Å². The van der Waals surface area contributed by atoms with Crippen LogP contribution in [0.5, 0.6) is 0 Å². The van der Waals surface area contributed by atoms with E-state index in [1.807, 2.05) is 6.92 Å². The fourth-order valence-corrected chi connectivity index (χ4v) is 3.57. The van der Waals surface area contributed by atoms with Gasteiger partial charge < -0.3 is 9.84 Å². The SMILES string of the molecule is CCC(CC1CC1)Nc1nc(C)nc2c(-c3ccc(C)cc3C)noc12. The highest BCUT2D eigenvalue weighted by Gasteiger charge is 2.26. The topological polar surface area (TPSA) is 63.8 Å². The van der Waals surface area contributed by atoms with Crippen molar-refractivity contribution in [1.29, 1.82) is 0 Å². The number of rotatable bonds is 6. The molecule has 1 aliphatic carbocycles. The van der Waals surface area contributed by atoms with Gasteiger partial charge in [0.2, 0.25) is 5.58 Å². The van der Waals surface area contributed by atoms with Crippen molar-refractivity contribution in [2.45, 2.75) is 59.4 Å². The number of aryl methyl sites for hydroxylation is 3. The van der Waals surface area contributed by atoms with E-state index in [1.54, 1.807) is 0 Å². The van der Waals surface area contributed by atoms with Crippen molar-refractivity contribution in [1.82, 2.24) is 15.1 Å². The lowest BCUT2D eigenvalue weighted by Gasteiger charge is -2.17. The van der Waals surface area contributed by atoms with Crippen molar-refractivity contribution in [2.75, 3.05) is 5.32 Å². The molecule has 1 unspecified atom stereocenters. The second kappa shape index (κ2) is 6.71. The highest BCUT2D eigenvalue weighted by atomic mass is 16.5. The molecule has 4 rings (SSSR count). The number of fused-ring (bicyclic) bond motifs is 1. The first kappa shape index (κ1) is 17.0. The van der Waals surface area contributed by atoms with Crippen molar-refractivity contribution >= 4 is 16.9 Å². The minimum atomic E-state index is 0.412. The molecule has 5 heteroatoms. The van der Waals surface area contributed by atoms with Gasteiger partial charge in [-0.15, -0.1) is 0 Å². The van der Waals surface area contributed by atoms with E-state index in [2.05, 4.69) is 59.4 Å². The van der Waals surface area contributed by atoms with Crippen LogP contribution in [0.4, 0.5) is 5.82 Å². The van der Waals surface area contributed by atoms with E-state index in [4.69, 9.17) is 4.52 Å². The highest BCUT2D eigenvalue weighted by molar-refractivity contribution is 5.94. The average Bonchev–Trinajstić information content (AvgIpc) is 3.32. The Bertz CT molecular complexity index is 943. The summed E-state index contributed by atoms with van der Waals surface area (Å²) in [5, 5.41) is 7.93. The predicted octanol–water partition coefficient (Wildman–Crippen LogP) is 5.20. The largest absolute Gasteiger partial charge is 0.364 e. The van der Waals surface area contributed by atoms with Gasteiger partial charge in [0.15, 0.2) is 5.82 Å². The summed E-state index contributed by atoms with van der Waals surface area (Å²) in [6.07, 6.45) is 4.98. The summed E-state index contributed by atoms with van der Waals surface area (Å²) in [5.74, 6) is 2.37. The van der Waals surface area contributed by atoms with Gasteiger partial charge >= 0.3 is 0 Å². The van der Waals surface area contributed by atoms with Crippen molar-refractivity contribution in [3.8, 4) is 11.3 Å². The monoisotopic (exact) mass is 350 g/mol. The van der Waals surface area contributed by atoms with E-state index in [9.17, 15) is 0 Å². The molecule has 0 saturated heterocycles. The van der Waals surface area contributed by atoms with Crippen molar-refractivity contribution in [3.63, 3.8) is 0 Å². The zero-order chi connectivity index (χ0) is 18.3. The first-order chi connectivity index (χ1) is 12.5. The number of hydrogen-bond donors (Lipinski definition) is 1. The van der Waals surface area contributed by atoms with Gasteiger partial charge in [0.1, 0.15) is 17.0 Å². The molecule has 5 nitrogen and oxygen atoms in total. The molecule has 0 aliphatic heterocycles. The molecule has 2 aromatic heterocycles. The third-order valence-electron chi connectivity index (χ3n) is 5.22. The molecular weight excluding hydrogens is 324 g/mol. The number of benzene rings is 1. The van der Waals surface area contributed by atoms with Gasteiger partial charge in [0.25, 0.3) is 0 Å². The summed E-state index contributed by atoms with van der Waals surface area (Å²) in [4.78, 5) is 9.24. The molecule has 26 heavy (non-hydrogen) atoms. The van der Waals surface area contributed by atoms with E-state index in [0.717, 1.165) is 40.8 Å². The van der Waals surface area contributed by atoms with Crippen molar-refractivity contribution < 1.29 is 4.52 Å². The number of aromatic nitrogens is 3. The molecule has 1 aromatic carbocycles. The first-order valence-electron chi connectivity index (χ1n) is 9.53.